The number of carbonyl (C=O) groups excluding carboxylic acids is 1. The minimum atomic E-state index is -0.412. The van der Waals surface area contributed by atoms with Crippen molar-refractivity contribution in [1.82, 2.24) is 10.6 Å². The minimum absolute atomic E-state index is 0.324. The molecular formula is C13H26N2O2. The summed E-state index contributed by atoms with van der Waals surface area (Å²) in [5, 5.41) is 6.24. The van der Waals surface area contributed by atoms with Crippen molar-refractivity contribution in [3.63, 3.8) is 0 Å². The van der Waals surface area contributed by atoms with Gasteiger partial charge in [0.1, 0.15) is 5.60 Å². The van der Waals surface area contributed by atoms with Crippen molar-refractivity contribution in [2.24, 2.45) is 5.92 Å². The lowest BCUT2D eigenvalue weighted by Gasteiger charge is -2.33. The third-order valence-corrected chi connectivity index (χ3v) is 2.83. The standard InChI is InChI=1S/C13H26N2O2/c1-10-8-11(9-10)14-6-5-7-15-12(16)17-13(2,3)4/h10-11,14H,5-9H2,1-4H3,(H,15,16). The van der Waals surface area contributed by atoms with Gasteiger partial charge in [0.25, 0.3) is 0 Å². The zero-order valence-corrected chi connectivity index (χ0v) is 11.5. The SMILES string of the molecule is CC1CC(NCCCNC(=O)OC(C)(C)C)C1. The van der Waals surface area contributed by atoms with Crippen molar-refractivity contribution in [3.05, 3.63) is 0 Å². The minimum Gasteiger partial charge on any atom is -0.444 e. The van der Waals surface area contributed by atoms with Gasteiger partial charge in [-0.3, -0.25) is 0 Å². The summed E-state index contributed by atoms with van der Waals surface area (Å²) >= 11 is 0. The summed E-state index contributed by atoms with van der Waals surface area (Å²) in [5.74, 6) is 0.882. The molecule has 1 aliphatic rings. The van der Waals surface area contributed by atoms with Gasteiger partial charge in [-0.1, -0.05) is 6.92 Å². The third-order valence-electron chi connectivity index (χ3n) is 2.83. The van der Waals surface area contributed by atoms with Gasteiger partial charge in [0.2, 0.25) is 0 Å². The largest absolute Gasteiger partial charge is 0.444 e. The normalized spacial score (nSPS) is 24.0. The fourth-order valence-electron chi connectivity index (χ4n) is 1.97. The number of amides is 1. The summed E-state index contributed by atoms with van der Waals surface area (Å²) in [4.78, 5) is 11.3. The second-order valence-electron chi connectivity index (χ2n) is 6.01. The summed E-state index contributed by atoms with van der Waals surface area (Å²) in [7, 11) is 0. The molecule has 4 nitrogen and oxygen atoms in total. The molecule has 1 amide bonds. The van der Waals surface area contributed by atoms with E-state index in [0.717, 1.165) is 18.9 Å². The van der Waals surface area contributed by atoms with Crippen LogP contribution in [0.3, 0.4) is 0 Å². The first-order valence-electron chi connectivity index (χ1n) is 6.57. The molecule has 0 aromatic heterocycles. The second kappa shape index (κ2) is 6.24. The average Bonchev–Trinajstić information content (AvgIpc) is 2.11. The molecule has 0 heterocycles. The molecule has 0 saturated heterocycles. The number of rotatable bonds is 5. The molecule has 1 saturated carbocycles. The lowest BCUT2D eigenvalue weighted by atomic mass is 9.82. The monoisotopic (exact) mass is 242 g/mol. The van der Waals surface area contributed by atoms with E-state index >= 15 is 0 Å². The number of hydrogen-bond acceptors (Lipinski definition) is 3. The molecule has 0 aromatic rings. The van der Waals surface area contributed by atoms with Gasteiger partial charge in [0.05, 0.1) is 0 Å². The average molecular weight is 242 g/mol. The van der Waals surface area contributed by atoms with Crippen LogP contribution >= 0.6 is 0 Å². The quantitative estimate of drug-likeness (QED) is 0.727. The van der Waals surface area contributed by atoms with Gasteiger partial charge in [0, 0.05) is 12.6 Å². The van der Waals surface area contributed by atoms with Gasteiger partial charge >= 0.3 is 6.09 Å². The van der Waals surface area contributed by atoms with Crippen molar-refractivity contribution in [2.45, 2.75) is 58.6 Å². The van der Waals surface area contributed by atoms with Gasteiger partial charge in [-0.15, -0.1) is 0 Å². The molecule has 0 spiro atoms. The Bertz CT molecular complexity index is 242. The Morgan fingerprint density at radius 3 is 2.47 bits per heavy atom. The van der Waals surface area contributed by atoms with Crippen LogP contribution in [0.15, 0.2) is 0 Å². The number of nitrogens with one attached hydrogen (secondary N) is 2. The van der Waals surface area contributed by atoms with E-state index in [0.29, 0.717) is 12.6 Å². The van der Waals surface area contributed by atoms with E-state index in [2.05, 4.69) is 17.6 Å². The number of carbonyl (C=O) groups is 1. The molecule has 0 aliphatic heterocycles. The van der Waals surface area contributed by atoms with Gasteiger partial charge in [-0.25, -0.2) is 4.79 Å². The van der Waals surface area contributed by atoms with E-state index in [1.54, 1.807) is 0 Å². The molecule has 0 radical (unpaired) electrons. The molecule has 2 N–H and O–H groups in total. The van der Waals surface area contributed by atoms with Crippen LogP contribution in [0.4, 0.5) is 4.79 Å². The van der Waals surface area contributed by atoms with Crippen molar-refractivity contribution < 1.29 is 9.53 Å². The van der Waals surface area contributed by atoms with Crippen LogP contribution < -0.4 is 10.6 Å². The van der Waals surface area contributed by atoms with Crippen LogP contribution in [-0.4, -0.2) is 30.8 Å². The number of hydrogen-bond donors (Lipinski definition) is 2. The lowest BCUT2D eigenvalue weighted by molar-refractivity contribution is 0.0527. The van der Waals surface area contributed by atoms with E-state index in [4.69, 9.17) is 4.74 Å². The highest BCUT2D eigenvalue weighted by atomic mass is 16.6. The molecule has 17 heavy (non-hydrogen) atoms. The Labute approximate surface area is 104 Å². The molecule has 1 fully saturated rings. The van der Waals surface area contributed by atoms with Gasteiger partial charge in [0.15, 0.2) is 0 Å². The van der Waals surface area contributed by atoms with E-state index in [1.807, 2.05) is 20.8 Å². The van der Waals surface area contributed by atoms with Crippen LogP contribution in [0.2, 0.25) is 0 Å². The Hall–Kier alpha value is -0.770. The maximum absolute atomic E-state index is 11.3. The summed E-state index contributed by atoms with van der Waals surface area (Å²) in [5.41, 5.74) is -0.412. The van der Waals surface area contributed by atoms with Crippen LogP contribution in [0, 0.1) is 5.92 Å². The third kappa shape index (κ3) is 6.51. The van der Waals surface area contributed by atoms with Crippen LogP contribution in [0.5, 0.6) is 0 Å². The van der Waals surface area contributed by atoms with Gasteiger partial charge in [-0.05, 0) is 52.5 Å². The predicted molar refractivity (Wildman–Crippen MR) is 69.0 cm³/mol. The van der Waals surface area contributed by atoms with Crippen molar-refractivity contribution >= 4 is 6.09 Å². The molecule has 0 bridgehead atoms. The summed E-state index contributed by atoms with van der Waals surface area (Å²) in [6, 6.07) is 0.700. The van der Waals surface area contributed by atoms with E-state index < -0.39 is 5.60 Å². The van der Waals surface area contributed by atoms with Crippen LogP contribution in [0.1, 0.15) is 47.0 Å². The molecular weight excluding hydrogens is 216 g/mol. The molecule has 1 rings (SSSR count). The van der Waals surface area contributed by atoms with Crippen LogP contribution in [0.25, 0.3) is 0 Å². The van der Waals surface area contributed by atoms with Gasteiger partial charge < -0.3 is 15.4 Å². The topological polar surface area (TPSA) is 50.4 Å². The molecule has 4 heteroatoms. The number of ether oxygens (including phenoxy) is 1. The highest BCUT2D eigenvalue weighted by Gasteiger charge is 2.24. The Morgan fingerprint density at radius 2 is 1.94 bits per heavy atom. The lowest BCUT2D eigenvalue weighted by Crippen LogP contribution is -2.41. The summed E-state index contributed by atoms with van der Waals surface area (Å²) < 4.78 is 5.14. The molecule has 1 aliphatic carbocycles. The first-order chi connectivity index (χ1) is 7.87. The first kappa shape index (κ1) is 14.3. The smallest absolute Gasteiger partial charge is 0.407 e. The number of alkyl carbamates (subject to hydrolysis) is 1. The van der Waals surface area contributed by atoms with Crippen molar-refractivity contribution in [1.29, 1.82) is 0 Å². The van der Waals surface area contributed by atoms with E-state index in [1.165, 1.54) is 12.8 Å². The maximum Gasteiger partial charge on any atom is 0.407 e. The summed E-state index contributed by atoms with van der Waals surface area (Å²) in [6.45, 7) is 9.52. The highest BCUT2D eigenvalue weighted by Crippen LogP contribution is 2.25. The molecule has 0 unspecified atom stereocenters. The Morgan fingerprint density at radius 1 is 1.29 bits per heavy atom. The Kier molecular flexibility index (Phi) is 5.25. The molecule has 100 valence electrons. The second-order valence-corrected chi connectivity index (χ2v) is 6.01. The molecule has 0 aromatic carbocycles. The van der Waals surface area contributed by atoms with Crippen molar-refractivity contribution in [3.8, 4) is 0 Å². The Balaban J connectivity index is 1.92. The zero-order valence-electron chi connectivity index (χ0n) is 11.5. The van der Waals surface area contributed by atoms with E-state index in [9.17, 15) is 4.79 Å². The van der Waals surface area contributed by atoms with E-state index in [-0.39, 0.29) is 6.09 Å². The maximum atomic E-state index is 11.3. The van der Waals surface area contributed by atoms with Crippen LogP contribution in [-0.2, 0) is 4.74 Å². The fourth-order valence-corrected chi connectivity index (χ4v) is 1.97. The predicted octanol–water partition coefficient (Wildman–Crippen LogP) is 2.29. The zero-order chi connectivity index (χ0) is 12.9. The summed E-state index contributed by atoms with van der Waals surface area (Å²) in [6.07, 6.45) is 3.21. The van der Waals surface area contributed by atoms with Gasteiger partial charge in [-0.2, -0.15) is 0 Å². The highest BCUT2D eigenvalue weighted by molar-refractivity contribution is 5.67. The van der Waals surface area contributed by atoms with Crippen molar-refractivity contribution in [2.75, 3.05) is 13.1 Å². The molecule has 0 atom stereocenters. The first-order valence-corrected chi connectivity index (χ1v) is 6.57. The fraction of sp³-hybridized carbons (Fsp3) is 0.923.